The van der Waals surface area contributed by atoms with E-state index < -0.39 is 23.6 Å². The fourth-order valence-corrected chi connectivity index (χ4v) is 8.61. The molecule has 1 amide bonds. The van der Waals surface area contributed by atoms with Crippen molar-refractivity contribution < 1.29 is 23.8 Å². The van der Waals surface area contributed by atoms with Crippen LogP contribution in [0.2, 0.25) is 0 Å². The van der Waals surface area contributed by atoms with E-state index in [1.165, 1.54) is 5.56 Å². The Morgan fingerprint density at radius 3 is 1.70 bits per heavy atom. The smallest absolute Gasteiger partial charge is 0.407 e. The topological polar surface area (TPSA) is 91.7 Å². The highest BCUT2D eigenvalue weighted by atomic mass is 16.6. The predicted molar refractivity (Wildman–Crippen MR) is 244 cm³/mol. The van der Waals surface area contributed by atoms with Crippen LogP contribution in [0.15, 0.2) is 201 Å². The van der Waals surface area contributed by atoms with Crippen molar-refractivity contribution in [3.63, 3.8) is 0 Å². The quantitative estimate of drug-likeness (QED) is 0.0817. The van der Waals surface area contributed by atoms with Crippen LogP contribution in [0.25, 0.3) is 11.1 Å². The van der Waals surface area contributed by atoms with Gasteiger partial charge in [0.1, 0.15) is 37.2 Å². The van der Waals surface area contributed by atoms with Crippen molar-refractivity contribution in [1.82, 2.24) is 14.9 Å². The Morgan fingerprint density at radius 1 is 0.619 bits per heavy atom. The minimum atomic E-state index is -1.11. The SMILES string of the molecule is Cc1ccc(COc2ccc(COC(=O)[C@H](Cc3cn(C(c4ccccc4)(c4ccccc4)c4ccccc4)cn3)NC(=O)OCC3c4ccccc4-c4ccccc43)cc2)cc1. The first-order valence-electron chi connectivity index (χ1n) is 21.2. The lowest BCUT2D eigenvalue weighted by molar-refractivity contribution is -0.147. The Kier molecular flexibility index (Phi) is 11.9. The van der Waals surface area contributed by atoms with Crippen molar-refractivity contribution in [1.29, 1.82) is 0 Å². The molecule has 0 fully saturated rings. The highest BCUT2D eigenvalue weighted by Gasteiger charge is 2.39. The number of nitrogens with zero attached hydrogens (tertiary/aromatic N) is 2. The second kappa shape index (κ2) is 18.5. The van der Waals surface area contributed by atoms with Crippen LogP contribution >= 0.6 is 0 Å². The Bertz CT molecular complexity index is 2650. The van der Waals surface area contributed by atoms with Gasteiger partial charge >= 0.3 is 12.1 Å². The van der Waals surface area contributed by atoms with E-state index >= 15 is 0 Å². The molecule has 1 aliphatic carbocycles. The van der Waals surface area contributed by atoms with E-state index in [0.717, 1.165) is 50.1 Å². The van der Waals surface area contributed by atoms with Crippen LogP contribution in [0.4, 0.5) is 4.79 Å². The van der Waals surface area contributed by atoms with Gasteiger partial charge in [0.2, 0.25) is 0 Å². The van der Waals surface area contributed by atoms with Crippen LogP contribution < -0.4 is 10.1 Å². The second-order valence-corrected chi connectivity index (χ2v) is 15.8. The number of carbonyl (C=O) groups is 2. The number of aryl methyl sites for hydroxylation is 1. The zero-order chi connectivity index (χ0) is 43.0. The summed E-state index contributed by atoms with van der Waals surface area (Å²) in [6.45, 7) is 2.59. The number of hydrogen-bond donors (Lipinski definition) is 1. The van der Waals surface area contributed by atoms with Gasteiger partial charge in [-0.3, -0.25) is 0 Å². The van der Waals surface area contributed by atoms with E-state index in [4.69, 9.17) is 19.2 Å². The molecule has 1 atom stereocenters. The van der Waals surface area contributed by atoms with Gasteiger partial charge < -0.3 is 24.1 Å². The second-order valence-electron chi connectivity index (χ2n) is 15.8. The minimum Gasteiger partial charge on any atom is -0.489 e. The molecule has 0 spiro atoms. The number of imidazole rings is 1. The van der Waals surface area contributed by atoms with Crippen LogP contribution in [0, 0.1) is 6.92 Å². The third-order valence-corrected chi connectivity index (χ3v) is 11.8. The van der Waals surface area contributed by atoms with Gasteiger partial charge in [0.15, 0.2) is 0 Å². The molecule has 1 aromatic heterocycles. The summed E-state index contributed by atoms with van der Waals surface area (Å²) in [6.07, 6.45) is 3.07. The van der Waals surface area contributed by atoms with E-state index in [0.29, 0.717) is 18.1 Å². The molecule has 8 heteroatoms. The highest BCUT2D eigenvalue weighted by molar-refractivity contribution is 5.82. The van der Waals surface area contributed by atoms with E-state index in [1.807, 2.05) is 121 Å². The zero-order valence-electron chi connectivity index (χ0n) is 35.0. The Labute approximate surface area is 367 Å². The summed E-state index contributed by atoms with van der Waals surface area (Å²) in [5.74, 6) is -0.0537. The van der Waals surface area contributed by atoms with Gasteiger partial charge in [-0.05, 0) is 69.1 Å². The maximum atomic E-state index is 14.1. The molecule has 8 aromatic rings. The van der Waals surface area contributed by atoms with Crippen LogP contribution in [-0.2, 0) is 39.4 Å². The number of fused-ring (bicyclic) bond motifs is 3. The van der Waals surface area contributed by atoms with Gasteiger partial charge in [0.05, 0.1) is 12.0 Å². The number of amides is 1. The maximum Gasteiger partial charge on any atom is 0.407 e. The summed E-state index contributed by atoms with van der Waals surface area (Å²) in [7, 11) is 0. The van der Waals surface area contributed by atoms with Crippen molar-refractivity contribution in [3.8, 4) is 16.9 Å². The largest absolute Gasteiger partial charge is 0.489 e. The number of rotatable bonds is 15. The van der Waals surface area contributed by atoms with Gasteiger partial charge in [-0.1, -0.05) is 181 Å². The lowest BCUT2D eigenvalue weighted by Gasteiger charge is -2.37. The molecular weight excluding hydrogens is 783 g/mol. The molecule has 0 radical (unpaired) electrons. The van der Waals surface area contributed by atoms with Crippen molar-refractivity contribution in [3.05, 3.63) is 251 Å². The van der Waals surface area contributed by atoms with Gasteiger partial charge in [0.25, 0.3) is 0 Å². The molecule has 0 saturated carbocycles. The Morgan fingerprint density at radius 2 is 1.13 bits per heavy atom. The number of carbonyl (C=O) groups excluding carboxylic acids is 2. The number of hydrogen-bond acceptors (Lipinski definition) is 6. The molecule has 1 N–H and O–H groups in total. The lowest BCUT2D eigenvalue weighted by Crippen LogP contribution is -2.44. The summed E-state index contributed by atoms with van der Waals surface area (Å²) in [6, 6.07) is 61.8. The molecule has 0 saturated heterocycles. The van der Waals surface area contributed by atoms with Crippen molar-refractivity contribution >= 4 is 12.1 Å². The molecule has 1 heterocycles. The monoisotopic (exact) mass is 829 g/mol. The Balaban J connectivity index is 0.966. The highest BCUT2D eigenvalue weighted by Crippen LogP contribution is 2.45. The number of benzene rings is 7. The van der Waals surface area contributed by atoms with Crippen molar-refractivity contribution in [2.75, 3.05) is 6.61 Å². The van der Waals surface area contributed by atoms with Crippen molar-refractivity contribution in [2.24, 2.45) is 0 Å². The van der Waals surface area contributed by atoms with Crippen LogP contribution in [0.1, 0.15) is 56.1 Å². The third-order valence-electron chi connectivity index (χ3n) is 11.8. The first-order valence-corrected chi connectivity index (χ1v) is 21.2. The molecule has 7 aromatic carbocycles. The molecule has 9 rings (SSSR count). The van der Waals surface area contributed by atoms with Gasteiger partial charge in [0, 0.05) is 18.5 Å². The predicted octanol–water partition coefficient (Wildman–Crippen LogP) is 10.8. The van der Waals surface area contributed by atoms with Gasteiger partial charge in [-0.25, -0.2) is 14.6 Å². The maximum absolute atomic E-state index is 14.1. The van der Waals surface area contributed by atoms with Gasteiger partial charge in [-0.15, -0.1) is 0 Å². The summed E-state index contributed by atoms with van der Waals surface area (Å²) >= 11 is 0. The Hall–Kier alpha value is -7.71. The summed E-state index contributed by atoms with van der Waals surface area (Å²) in [5, 5.41) is 2.86. The number of ether oxygens (including phenoxy) is 3. The number of aromatic nitrogens is 2. The number of nitrogens with one attached hydrogen (secondary N) is 1. The van der Waals surface area contributed by atoms with Crippen LogP contribution in [0.5, 0.6) is 5.75 Å². The molecule has 63 heavy (non-hydrogen) atoms. The summed E-state index contributed by atoms with van der Waals surface area (Å²) in [5.41, 5.74) is 10.4. The minimum absolute atomic E-state index is 0.00643. The average molecular weight is 830 g/mol. The molecule has 0 aliphatic heterocycles. The standard InChI is InChI=1S/C55H47N3O5/c1-39-25-27-40(28-26-39)35-61-46-31-29-41(30-32-46)36-62-53(59)52(57-54(60)63-37-51-49-23-13-11-21-47(49)48-22-12-14-24-50(48)51)33-45-34-58(38-56-45)55(42-15-5-2-6-16-42,43-17-7-3-8-18-43)44-19-9-4-10-20-44/h2-32,34,38,51-52H,33,35-37H2,1H3,(H,57,60)/t52-/m0/s1. The lowest BCUT2D eigenvalue weighted by atomic mass is 9.77. The van der Waals surface area contributed by atoms with Crippen LogP contribution in [0.3, 0.4) is 0 Å². The third kappa shape index (κ3) is 8.74. The number of alkyl carbamates (subject to hydrolysis) is 1. The molecular formula is C55H47N3O5. The van der Waals surface area contributed by atoms with E-state index in [-0.39, 0.29) is 25.6 Å². The molecule has 312 valence electrons. The molecule has 8 nitrogen and oxygen atoms in total. The fourth-order valence-electron chi connectivity index (χ4n) is 8.61. The van der Waals surface area contributed by atoms with Crippen LogP contribution in [-0.4, -0.2) is 34.3 Å². The fraction of sp³-hybridized carbons (Fsp3) is 0.145. The normalized spacial score (nSPS) is 12.5. The summed E-state index contributed by atoms with van der Waals surface area (Å²) in [4.78, 5) is 32.7. The van der Waals surface area contributed by atoms with Gasteiger partial charge in [-0.2, -0.15) is 0 Å². The first-order chi connectivity index (χ1) is 31.0. The first kappa shape index (κ1) is 40.7. The van der Waals surface area contributed by atoms with E-state index in [1.54, 1.807) is 6.33 Å². The molecule has 0 unspecified atom stereocenters. The molecule has 1 aliphatic rings. The molecule has 0 bridgehead atoms. The van der Waals surface area contributed by atoms with E-state index in [9.17, 15) is 9.59 Å². The average Bonchev–Trinajstić information content (AvgIpc) is 3.94. The zero-order valence-corrected chi connectivity index (χ0v) is 35.0. The van der Waals surface area contributed by atoms with E-state index in [2.05, 4.69) is 89.6 Å². The van der Waals surface area contributed by atoms with Crippen molar-refractivity contribution in [2.45, 2.75) is 44.1 Å². The summed E-state index contributed by atoms with van der Waals surface area (Å²) < 4.78 is 19.9. The number of esters is 1.